The number of aromatic amines is 1. The number of para-hydroxylation sites is 1. The number of nitrogens with zero attached hydrogens (tertiary/aromatic N) is 5. The Labute approximate surface area is 228 Å². The number of nitrogens with one attached hydrogen (secondary N) is 3. The van der Waals surface area contributed by atoms with Crippen LogP contribution in [0.5, 0.6) is 5.75 Å². The first-order valence-electron chi connectivity index (χ1n) is 12.7. The lowest BCUT2D eigenvalue weighted by Gasteiger charge is -2.23. The molecular weight excluding hydrogens is 516 g/mol. The van der Waals surface area contributed by atoms with E-state index in [1.807, 2.05) is 42.5 Å². The minimum Gasteiger partial charge on any atom is -0.494 e. The number of fused-ring (bicyclic) bond motifs is 2. The first-order valence-corrected chi connectivity index (χ1v) is 14.5. The van der Waals surface area contributed by atoms with Gasteiger partial charge in [-0.2, -0.15) is 9.97 Å². The highest BCUT2D eigenvalue weighted by Crippen LogP contribution is 2.39. The molecule has 4 aromatic rings. The maximum atomic E-state index is 12.5. The van der Waals surface area contributed by atoms with Crippen LogP contribution >= 0.6 is 0 Å². The highest BCUT2D eigenvalue weighted by atomic mass is 32.2. The molecule has 5 rings (SSSR count). The van der Waals surface area contributed by atoms with Crippen molar-refractivity contribution in [3.8, 4) is 5.75 Å². The Kier molecular flexibility index (Phi) is 7.23. The fourth-order valence-electron chi connectivity index (χ4n) is 4.69. The Hall–Kier alpha value is -4.03. The van der Waals surface area contributed by atoms with Gasteiger partial charge in [-0.1, -0.05) is 12.1 Å². The zero-order valence-electron chi connectivity index (χ0n) is 22.8. The molecule has 2 aromatic carbocycles. The molecular formula is C27H34N8O3S. The van der Waals surface area contributed by atoms with Crippen LogP contribution in [-0.4, -0.2) is 82.4 Å². The molecule has 0 bridgehead atoms. The topological polar surface area (TPSA) is 119 Å². The number of benzene rings is 2. The van der Waals surface area contributed by atoms with Crippen molar-refractivity contribution >= 4 is 55.6 Å². The van der Waals surface area contributed by atoms with Crippen molar-refractivity contribution in [1.29, 1.82) is 0 Å². The third-order valence-electron chi connectivity index (χ3n) is 6.78. The van der Waals surface area contributed by atoms with E-state index in [-0.39, 0.29) is 0 Å². The van der Waals surface area contributed by atoms with Crippen LogP contribution in [-0.2, 0) is 16.4 Å². The molecule has 1 aliphatic heterocycles. The van der Waals surface area contributed by atoms with Crippen molar-refractivity contribution in [2.24, 2.45) is 0 Å². The van der Waals surface area contributed by atoms with Gasteiger partial charge in [0.05, 0.1) is 35.8 Å². The molecule has 0 spiro atoms. The Bertz CT molecular complexity index is 1600. The van der Waals surface area contributed by atoms with Gasteiger partial charge in [-0.25, -0.2) is 8.42 Å². The summed E-state index contributed by atoms with van der Waals surface area (Å²) in [6.45, 7) is 2.23. The number of ether oxygens (including phenoxy) is 1. The maximum Gasteiger partial charge on any atom is 0.232 e. The van der Waals surface area contributed by atoms with Crippen molar-refractivity contribution in [3.05, 3.63) is 54.2 Å². The van der Waals surface area contributed by atoms with E-state index in [1.165, 1.54) is 10.6 Å². The average molecular weight is 551 g/mol. The number of hydrogen-bond donors (Lipinski definition) is 3. The van der Waals surface area contributed by atoms with Crippen molar-refractivity contribution < 1.29 is 13.2 Å². The van der Waals surface area contributed by atoms with Gasteiger partial charge >= 0.3 is 0 Å². The quantitative estimate of drug-likeness (QED) is 0.271. The second-order valence-electron chi connectivity index (χ2n) is 9.89. The molecule has 0 saturated heterocycles. The average Bonchev–Trinajstić information content (AvgIpc) is 3.55. The molecule has 0 fully saturated rings. The molecule has 3 N–H and O–H groups in total. The smallest absolute Gasteiger partial charge is 0.232 e. The summed E-state index contributed by atoms with van der Waals surface area (Å²) in [5.74, 6) is 1.59. The summed E-state index contributed by atoms with van der Waals surface area (Å²) in [7, 11) is 4.38. The number of sulfonamides is 1. The van der Waals surface area contributed by atoms with Crippen molar-refractivity contribution in [3.63, 3.8) is 0 Å². The number of likely N-dealkylation sites (N-methyl/N-ethyl adjacent to an activating group) is 2. The van der Waals surface area contributed by atoms with E-state index in [2.05, 4.69) is 51.5 Å². The zero-order chi connectivity index (χ0) is 27.7. The Morgan fingerprint density at radius 1 is 1.05 bits per heavy atom. The minimum absolute atomic E-state index is 0.368. The predicted molar refractivity (Wildman–Crippen MR) is 158 cm³/mol. The molecule has 206 valence electrons. The van der Waals surface area contributed by atoms with E-state index in [0.717, 1.165) is 35.4 Å². The van der Waals surface area contributed by atoms with Gasteiger partial charge in [0.25, 0.3) is 0 Å². The van der Waals surface area contributed by atoms with Gasteiger partial charge in [0.1, 0.15) is 17.2 Å². The first-order chi connectivity index (χ1) is 18.6. The molecule has 1 aliphatic rings. The van der Waals surface area contributed by atoms with E-state index in [1.54, 1.807) is 13.3 Å². The van der Waals surface area contributed by atoms with Crippen LogP contribution in [0.4, 0.5) is 34.5 Å². The number of aromatic nitrogens is 3. The number of methoxy groups -OCH3 is 1. The summed E-state index contributed by atoms with van der Waals surface area (Å²) in [6, 6.07) is 13.6. The van der Waals surface area contributed by atoms with Crippen LogP contribution in [0, 0.1) is 0 Å². The second-order valence-corrected chi connectivity index (χ2v) is 11.8. The normalized spacial score (nSPS) is 13.1. The second kappa shape index (κ2) is 10.6. The van der Waals surface area contributed by atoms with Crippen molar-refractivity contribution in [2.75, 3.05) is 74.0 Å². The monoisotopic (exact) mass is 550 g/mol. The minimum atomic E-state index is -3.41. The summed E-state index contributed by atoms with van der Waals surface area (Å²) in [5, 5.41) is 7.46. The van der Waals surface area contributed by atoms with Crippen molar-refractivity contribution in [1.82, 2.24) is 19.9 Å². The molecule has 39 heavy (non-hydrogen) atoms. The fraction of sp³-hybridized carbons (Fsp3) is 0.333. The summed E-state index contributed by atoms with van der Waals surface area (Å²) >= 11 is 0. The van der Waals surface area contributed by atoms with E-state index in [0.29, 0.717) is 47.5 Å². The third kappa shape index (κ3) is 5.57. The van der Waals surface area contributed by atoms with E-state index >= 15 is 0 Å². The molecule has 0 aliphatic carbocycles. The molecule has 0 saturated carbocycles. The molecule has 0 radical (unpaired) electrons. The molecule has 0 unspecified atom stereocenters. The van der Waals surface area contributed by atoms with Crippen LogP contribution in [0.2, 0.25) is 0 Å². The van der Waals surface area contributed by atoms with Gasteiger partial charge in [-0.05, 0) is 50.3 Å². The van der Waals surface area contributed by atoms with Crippen LogP contribution in [0.25, 0.3) is 11.0 Å². The standard InChI is InChI=1S/C27H34N8O3S/c1-33(2)15-16-34(3)19-9-10-21(23(17-19)38-4)30-27-31-25-20(11-13-28-25)26(32-27)29-22-8-6-7-18-12-14-35(24(18)22)39(5,36)37/h6-11,13,17H,12,14-16H2,1-5H3,(H3,28,29,30,31,32). The van der Waals surface area contributed by atoms with Crippen LogP contribution in [0.15, 0.2) is 48.7 Å². The van der Waals surface area contributed by atoms with Gasteiger partial charge in [0.2, 0.25) is 16.0 Å². The van der Waals surface area contributed by atoms with Crippen LogP contribution in [0.3, 0.4) is 0 Å². The lowest BCUT2D eigenvalue weighted by molar-refractivity contribution is 0.413. The van der Waals surface area contributed by atoms with Crippen LogP contribution < -0.4 is 24.6 Å². The lowest BCUT2D eigenvalue weighted by Crippen LogP contribution is -2.28. The largest absolute Gasteiger partial charge is 0.494 e. The summed E-state index contributed by atoms with van der Waals surface area (Å²) in [6.07, 6.45) is 3.69. The van der Waals surface area contributed by atoms with Gasteiger partial charge in [-0.15, -0.1) is 0 Å². The number of anilines is 6. The summed E-state index contributed by atoms with van der Waals surface area (Å²) in [5.41, 5.74) is 4.71. The van der Waals surface area contributed by atoms with Crippen LogP contribution in [0.1, 0.15) is 5.56 Å². The third-order valence-corrected chi connectivity index (χ3v) is 7.94. The SMILES string of the molecule is COc1cc(N(C)CCN(C)C)ccc1Nc1nc(Nc2cccc3c2N(S(C)(=O)=O)CC3)c2cc[nH]c2n1. The number of hydrogen-bond acceptors (Lipinski definition) is 9. The summed E-state index contributed by atoms with van der Waals surface area (Å²) < 4.78 is 32.1. The highest BCUT2D eigenvalue weighted by Gasteiger charge is 2.29. The maximum absolute atomic E-state index is 12.5. The number of rotatable bonds is 10. The predicted octanol–water partition coefficient (Wildman–Crippen LogP) is 3.77. The Morgan fingerprint density at radius 2 is 1.87 bits per heavy atom. The molecule has 0 amide bonds. The molecule has 2 aromatic heterocycles. The van der Waals surface area contributed by atoms with E-state index < -0.39 is 10.0 Å². The zero-order valence-corrected chi connectivity index (χ0v) is 23.6. The van der Waals surface area contributed by atoms with E-state index in [4.69, 9.17) is 9.72 Å². The fourth-order valence-corrected chi connectivity index (χ4v) is 5.66. The van der Waals surface area contributed by atoms with E-state index in [9.17, 15) is 8.42 Å². The number of H-pyrrole nitrogens is 1. The van der Waals surface area contributed by atoms with Gasteiger partial charge in [-0.3, -0.25) is 4.31 Å². The van der Waals surface area contributed by atoms with Crippen molar-refractivity contribution in [2.45, 2.75) is 6.42 Å². The summed E-state index contributed by atoms with van der Waals surface area (Å²) in [4.78, 5) is 16.9. The van der Waals surface area contributed by atoms with Gasteiger partial charge in [0.15, 0.2) is 0 Å². The Balaban J connectivity index is 1.46. The lowest BCUT2D eigenvalue weighted by atomic mass is 10.1. The Morgan fingerprint density at radius 3 is 2.62 bits per heavy atom. The molecule has 12 heteroatoms. The molecule has 3 heterocycles. The molecule has 0 atom stereocenters. The highest BCUT2D eigenvalue weighted by molar-refractivity contribution is 7.92. The first kappa shape index (κ1) is 26.6. The van der Waals surface area contributed by atoms with Gasteiger partial charge in [0, 0.05) is 44.6 Å². The van der Waals surface area contributed by atoms with Gasteiger partial charge < -0.3 is 30.2 Å². The molecule has 11 nitrogen and oxygen atoms in total.